The Morgan fingerprint density at radius 3 is 1.86 bits per heavy atom. The molecule has 0 spiro atoms. The van der Waals surface area contributed by atoms with E-state index in [2.05, 4.69) is 102 Å². The number of rotatable bonds is 42. The summed E-state index contributed by atoms with van der Waals surface area (Å²) in [5.74, 6) is -4.74. The van der Waals surface area contributed by atoms with Gasteiger partial charge in [0.15, 0.2) is 11.5 Å². The highest BCUT2D eigenvalue weighted by Crippen LogP contribution is 2.48. The highest BCUT2D eigenvalue weighted by atomic mass is 32.2. The van der Waals surface area contributed by atoms with Gasteiger partial charge in [-0.2, -0.15) is 29.8 Å². The second kappa shape index (κ2) is 37.2. The van der Waals surface area contributed by atoms with Crippen molar-refractivity contribution in [3.05, 3.63) is 172 Å². The number of ether oxygens (including phenoxy) is 1. The number of fused-ring (bicyclic) bond motifs is 2. The number of carboxylic acid groups (broad SMARTS) is 2. The quantitative estimate of drug-likeness (QED) is 0.0116. The fourth-order valence-electron chi connectivity index (χ4n) is 13.3. The molecule has 8 N–H and O–H groups in total. The number of urea groups is 1. The number of nitrogens with one attached hydrogen (secondary N) is 3. The number of hydrogen-bond donors (Lipinski definition) is 8. The molecule has 0 unspecified atom stereocenters. The normalized spacial score (nSPS) is 16.8. The molecule has 2 heterocycles. The van der Waals surface area contributed by atoms with Crippen molar-refractivity contribution in [1.82, 2.24) is 16.0 Å². The topological polar surface area (TPSA) is 358 Å². The van der Waals surface area contributed by atoms with Crippen LogP contribution in [0.4, 0.5) is 16.2 Å². The lowest BCUT2D eigenvalue weighted by molar-refractivity contribution is -0.438. The number of carboxylic acids is 2. The minimum absolute atomic E-state index is 0.000693. The van der Waals surface area contributed by atoms with E-state index >= 15 is 0 Å². The molecular formula is C75H98N5O18S3+. The van der Waals surface area contributed by atoms with E-state index in [1.165, 1.54) is 0 Å². The first-order valence-corrected chi connectivity index (χ1v) is 39.6. The predicted molar refractivity (Wildman–Crippen MR) is 387 cm³/mol. The molecule has 3 amide bonds. The van der Waals surface area contributed by atoms with Crippen LogP contribution in [0.15, 0.2) is 150 Å². The van der Waals surface area contributed by atoms with Crippen molar-refractivity contribution in [2.45, 2.75) is 185 Å². The predicted octanol–water partition coefficient (Wildman–Crippen LogP) is 11.5. The van der Waals surface area contributed by atoms with Gasteiger partial charge in [-0.15, -0.1) is 0 Å². The lowest BCUT2D eigenvalue weighted by Gasteiger charge is -2.27. The summed E-state index contributed by atoms with van der Waals surface area (Å²) in [6, 6.07) is 29.3. The number of benzene rings is 4. The number of anilines is 1. The molecular weight excluding hydrogens is 1360 g/mol. The molecule has 26 heteroatoms. The first-order valence-electron chi connectivity index (χ1n) is 34.7. The molecule has 23 nitrogen and oxygen atoms in total. The Balaban J connectivity index is 1.02. The van der Waals surface area contributed by atoms with Crippen LogP contribution in [0.2, 0.25) is 0 Å². The lowest BCUT2D eigenvalue weighted by atomic mass is 9.81. The number of amides is 3. The third kappa shape index (κ3) is 25.1. The molecule has 3 aliphatic rings. The van der Waals surface area contributed by atoms with Crippen LogP contribution in [-0.4, -0.2) is 144 Å². The van der Waals surface area contributed by atoms with Gasteiger partial charge in [-0.3, -0.25) is 32.8 Å². The van der Waals surface area contributed by atoms with E-state index in [0.29, 0.717) is 81.5 Å². The summed E-state index contributed by atoms with van der Waals surface area (Å²) in [6.45, 7) is 9.50. The van der Waals surface area contributed by atoms with Crippen LogP contribution >= 0.6 is 0 Å². The number of allylic oxidation sites excluding steroid dienone is 7. The smallest absolute Gasteiger partial charge is 0.326 e. The molecule has 0 saturated heterocycles. The molecule has 0 bridgehead atoms. The van der Waals surface area contributed by atoms with E-state index in [-0.39, 0.29) is 93.9 Å². The fourth-order valence-corrected chi connectivity index (χ4v) is 15.0. The van der Waals surface area contributed by atoms with Gasteiger partial charge in [0, 0.05) is 79.7 Å². The fraction of sp³-hybridized carbons (Fsp3) is 0.480. The van der Waals surface area contributed by atoms with E-state index in [0.717, 1.165) is 69.9 Å². The number of nitrogens with zero attached hydrogens (tertiary/aromatic N) is 2. The Bertz CT molecular complexity index is 4110. The standard InChI is InChI=1S/C75H97N5O18S3/c1-74(2)60-29-14-16-31-64(60)79(45-18-20-47-99(89,90)91)67(74)42-36-55-26-22-27-56(37-43-68-75(3,4)61-30-15-17-32-65(61)80(68)46-19-21-48-100(92,93)94)70(55)98-59-39-34-54(35-40-59)50-57(71(84)85)52-66(82)63(51-53-24-10-9-11-25-53)77-69(83)33-13-8-6-5-7-12-28-58(81)38-41-62(72(86)87)78-73(88)76-44-23-49-101(95,96)97/h9-11,14-17,24-25,29-32,34-37,39-40,42-43,57,62-63H,5-8,12-13,18-23,26-28,33,38,41,44-52H2,1-4H3,(H7-,76,77,78,83,84,85,86,87,88,89,90,91,92,93,94,95,96,97)/p+1/t57-,62+,63+/m1/s1. The highest BCUT2D eigenvalue weighted by molar-refractivity contribution is 7.86. The SMILES string of the molecule is CC1(C)C(=CC=C2CCCC(C=CC3=[N+](CCCCS(=O)(=O)O)c4ccccc4C3(C)C)=C2Oc2ccc(C[C@H](CC(=O)[C@H](Cc3ccccc3)NC(=O)CCCCCCCCC(=O)CC[C@H](NC(=O)NCCCS(=O)(=O)O)C(=O)O)C(=O)O)cc2)N(CCCCS(=O)(=O)O)c2ccccc21. The third-order valence-corrected chi connectivity index (χ3v) is 21.2. The van der Waals surface area contributed by atoms with Crippen LogP contribution in [0.1, 0.15) is 172 Å². The van der Waals surface area contributed by atoms with Gasteiger partial charge >= 0.3 is 18.0 Å². The Hall–Kier alpha value is -8.14. The van der Waals surface area contributed by atoms with E-state index in [9.17, 15) is 73.3 Å². The van der Waals surface area contributed by atoms with Crippen LogP contribution in [0.5, 0.6) is 5.75 Å². The maximum atomic E-state index is 14.3. The summed E-state index contributed by atoms with van der Waals surface area (Å²) < 4.78 is 106. The number of para-hydroxylation sites is 2. The lowest BCUT2D eigenvalue weighted by Crippen LogP contribution is -2.46. The van der Waals surface area contributed by atoms with Crippen LogP contribution < -0.4 is 25.6 Å². The summed E-state index contributed by atoms with van der Waals surface area (Å²) in [5, 5.41) is 27.7. The first-order chi connectivity index (χ1) is 47.8. The summed E-state index contributed by atoms with van der Waals surface area (Å²) in [4.78, 5) is 79.4. The zero-order valence-electron chi connectivity index (χ0n) is 58.1. The van der Waals surface area contributed by atoms with E-state index in [4.69, 9.17) is 9.29 Å². The second-order valence-electron chi connectivity index (χ2n) is 27.3. The van der Waals surface area contributed by atoms with Crippen molar-refractivity contribution in [3.63, 3.8) is 0 Å². The number of ketones is 2. The molecule has 548 valence electrons. The Morgan fingerprint density at radius 2 is 1.20 bits per heavy atom. The number of carbonyl (C=O) groups excluding carboxylic acids is 4. The molecule has 0 fully saturated rings. The van der Waals surface area contributed by atoms with Crippen LogP contribution in [0, 0.1) is 5.92 Å². The number of unbranched alkanes of at least 4 members (excludes halogenated alkanes) is 7. The van der Waals surface area contributed by atoms with Gasteiger partial charge in [0.2, 0.25) is 11.6 Å². The Kier molecular flexibility index (Phi) is 29.5. The second-order valence-corrected chi connectivity index (χ2v) is 32.1. The summed E-state index contributed by atoms with van der Waals surface area (Å²) >= 11 is 0. The van der Waals surface area contributed by atoms with Gasteiger partial charge in [-0.05, 0) is 149 Å². The third-order valence-electron chi connectivity index (χ3n) is 18.7. The molecule has 4 aromatic carbocycles. The average molecular weight is 1450 g/mol. The number of hydrogen-bond acceptors (Lipinski definition) is 14. The summed E-state index contributed by atoms with van der Waals surface area (Å²) in [5.41, 5.74) is 8.57. The molecule has 1 aliphatic carbocycles. The summed E-state index contributed by atoms with van der Waals surface area (Å²) in [6.07, 6.45) is 15.9. The molecule has 4 aromatic rings. The van der Waals surface area contributed by atoms with Gasteiger partial charge in [-0.1, -0.05) is 124 Å². The highest BCUT2D eigenvalue weighted by Gasteiger charge is 2.44. The van der Waals surface area contributed by atoms with Crippen molar-refractivity contribution >= 4 is 82.9 Å². The maximum Gasteiger partial charge on any atom is 0.326 e. The van der Waals surface area contributed by atoms with Crippen LogP contribution in [-0.2, 0) is 78.0 Å². The Morgan fingerprint density at radius 1 is 0.594 bits per heavy atom. The average Bonchev–Trinajstić information content (AvgIpc) is 1.60. The Labute approximate surface area is 594 Å². The largest absolute Gasteiger partial charge is 0.481 e. The molecule has 0 saturated carbocycles. The van der Waals surface area contributed by atoms with Gasteiger partial charge in [0.1, 0.15) is 29.9 Å². The minimum Gasteiger partial charge on any atom is -0.481 e. The van der Waals surface area contributed by atoms with E-state index < -0.39 is 88.7 Å². The first kappa shape index (κ1) is 80.2. The van der Waals surface area contributed by atoms with Gasteiger partial charge in [0.25, 0.3) is 30.4 Å². The molecule has 3 atom stereocenters. The zero-order chi connectivity index (χ0) is 73.5. The van der Waals surface area contributed by atoms with Gasteiger partial charge in [0.05, 0.1) is 34.6 Å². The van der Waals surface area contributed by atoms with Gasteiger partial charge < -0.3 is 35.8 Å². The van der Waals surface area contributed by atoms with Crippen molar-refractivity contribution in [3.8, 4) is 5.75 Å². The van der Waals surface area contributed by atoms with Crippen molar-refractivity contribution < 1.29 is 87.2 Å². The van der Waals surface area contributed by atoms with Crippen molar-refractivity contribution in [1.29, 1.82) is 0 Å². The van der Waals surface area contributed by atoms with Crippen LogP contribution in [0.25, 0.3) is 0 Å². The monoisotopic (exact) mass is 1450 g/mol. The van der Waals surface area contributed by atoms with E-state index in [1.807, 2.05) is 54.6 Å². The zero-order valence-corrected chi connectivity index (χ0v) is 60.6. The minimum atomic E-state index is -4.21. The maximum absolute atomic E-state index is 14.3. The van der Waals surface area contributed by atoms with Crippen LogP contribution in [0.3, 0.4) is 0 Å². The van der Waals surface area contributed by atoms with Crippen molar-refractivity contribution in [2.75, 3.05) is 41.8 Å². The molecule has 2 aliphatic heterocycles. The van der Waals surface area contributed by atoms with E-state index in [1.54, 1.807) is 24.3 Å². The van der Waals surface area contributed by atoms with Gasteiger partial charge in [-0.25, -0.2) is 9.59 Å². The number of aliphatic carboxylic acids is 2. The molecule has 0 radical (unpaired) electrons. The number of carbonyl (C=O) groups is 6. The number of Topliss-reactive ketones (excluding diaryl/α,β-unsaturated/α-hetero) is 2. The summed E-state index contributed by atoms with van der Waals surface area (Å²) in [7, 11) is -12.5. The molecule has 0 aromatic heterocycles. The molecule has 101 heavy (non-hydrogen) atoms. The molecule has 7 rings (SSSR count). The van der Waals surface area contributed by atoms with Crippen molar-refractivity contribution in [2.24, 2.45) is 5.92 Å².